The number of nitrogens with zero attached hydrogens (tertiary/aromatic N) is 2. The molecule has 0 aromatic carbocycles. The van der Waals surface area contributed by atoms with Crippen LogP contribution in [0.2, 0.25) is 0 Å². The normalized spacial score (nSPS) is 29.2. The van der Waals surface area contributed by atoms with Gasteiger partial charge in [0.15, 0.2) is 0 Å². The number of piperidine rings is 1. The molecule has 0 aromatic rings. The van der Waals surface area contributed by atoms with Gasteiger partial charge < -0.3 is 19.9 Å². The summed E-state index contributed by atoms with van der Waals surface area (Å²) in [6.45, 7) is 13.4. The van der Waals surface area contributed by atoms with Gasteiger partial charge in [0.05, 0.1) is 0 Å². The van der Waals surface area contributed by atoms with E-state index in [2.05, 4.69) is 17.1 Å². The molecule has 0 aliphatic carbocycles. The van der Waals surface area contributed by atoms with Crippen LogP contribution in [0.25, 0.3) is 0 Å². The van der Waals surface area contributed by atoms with Gasteiger partial charge in [0.1, 0.15) is 5.60 Å². The van der Waals surface area contributed by atoms with Crippen LogP contribution < -0.4 is 5.32 Å². The van der Waals surface area contributed by atoms with E-state index in [0.29, 0.717) is 12.0 Å². The number of hydrogen-bond donors (Lipinski definition) is 1. The zero-order chi connectivity index (χ0) is 16.3. The molecule has 2 rings (SSSR count). The molecule has 4 atom stereocenters. The maximum atomic E-state index is 12.0. The molecule has 2 aliphatic rings. The zero-order valence-corrected chi connectivity index (χ0v) is 14.9. The van der Waals surface area contributed by atoms with Crippen molar-refractivity contribution in [3.8, 4) is 0 Å². The second-order valence-electron chi connectivity index (χ2n) is 8.12. The fraction of sp³-hybridized carbons (Fsp3) is 0.941. The summed E-state index contributed by atoms with van der Waals surface area (Å²) in [4.78, 5) is 16.2. The van der Waals surface area contributed by atoms with Gasteiger partial charge in [0, 0.05) is 26.2 Å². The predicted molar refractivity (Wildman–Crippen MR) is 89.0 cm³/mol. The van der Waals surface area contributed by atoms with E-state index in [1.807, 2.05) is 27.8 Å². The number of rotatable bonds is 5. The minimum atomic E-state index is -0.427. The molecule has 2 aliphatic heterocycles. The Bertz CT molecular complexity index is 381. The van der Waals surface area contributed by atoms with Crippen LogP contribution in [0.5, 0.6) is 0 Å². The molecule has 5 nitrogen and oxygen atoms in total. The summed E-state index contributed by atoms with van der Waals surface area (Å²) in [6.07, 6.45) is 2.37. The molecular weight excluding hydrogens is 278 g/mol. The first-order valence-corrected chi connectivity index (χ1v) is 8.64. The Morgan fingerprint density at radius 1 is 1.36 bits per heavy atom. The monoisotopic (exact) mass is 311 g/mol. The van der Waals surface area contributed by atoms with Crippen LogP contribution in [0.15, 0.2) is 0 Å². The van der Waals surface area contributed by atoms with Crippen molar-refractivity contribution < 1.29 is 9.53 Å². The lowest BCUT2D eigenvalue weighted by molar-refractivity contribution is 0.0275. The van der Waals surface area contributed by atoms with Crippen LogP contribution in [0.1, 0.15) is 40.5 Å². The van der Waals surface area contributed by atoms with Crippen molar-refractivity contribution in [3.05, 3.63) is 0 Å². The molecule has 2 saturated heterocycles. The number of amides is 1. The van der Waals surface area contributed by atoms with Gasteiger partial charge in [-0.1, -0.05) is 6.92 Å². The van der Waals surface area contributed by atoms with Gasteiger partial charge in [-0.05, 0) is 65.1 Å². The van der Waals surface area contributed by atoms with Gasteiger partial charge in [-0.25, -0.2) is 4.79 Å². The molecule has 128 valence electrons. The molecule has 2 bridgehead atoms. The second-order valence-corrected chi connectivity index (χ2v) is 8.12. The van der Waals surface area contributed by atoms with Gasteiger partial charge in [-0.3, -0.25) is 0 Å². The number of ether oxygens (including phenoxy) is 1. The Kier molecular flexibility index (Phi) is 5.72. The summed E-state index contributed by atoms with van der Waals surface area (Å²) in [7, 11) is 1.82. The molecule has 5 heteroatoms. The molecule has 22 heavy (non-hydrogen) atoms. The maximum Gasteiger partial charge on any atom is 0.410 e. The molecule has 0 radical (unpaired) electrons. The highest BCUT2D eigenvalue weighted by atomic mass is 16.6. The quantitative estimate of drug-likeness (QED) is 0.845. The van der Waals surface area contributed by atoms with E-state index in [1.54, 1.807) is 4.90 Å². The predicted octanol–water partition coefficient (Wildman–Crippen LogP) is 2.17. The van der Waals surface area contributed by atoms with Gasteiger partial charge in [-0.15, -0.1) is 0 Å². The summed E-state index contributed by atoms with van der Waals surface area (Å²) < 4.78 is 5.40. The molecule has 2 heterocycles. The average Bonchev–Trinajstić information content (AvgIpc) is 2.78. The Morgan fingerprint density at radius 2 is 2.05 bits per heavy atom. The highest BCUT2D eigenvalue weighted by Gasteiger charge is 2.34. The van der Waals surface area contributed by atoms with Crippen LogP contribution in [0.4, 0.5) is 4.79 Å². The first-order valence-electron chi connectivity index (χ1n) is 8.64. The Balaban J connectivity index is 1.68. The first kappa shape index (κ1) is 17.5. The lowest BCUT2D eigenvalue weighted by Crippen LogP contribution is -2.46. The third kappa shape index (κ3) is 5.13. The van der Waals surface area contributed by atoms with E-state index < -0.39 is 5.60 Å². The van der Waals surface area contributed by atoms with Crippen molar-refractivity contribution in [3.63, 3.8) is 0 Å². The van der Waals surface area contributed by atoms with Crippen molar-refractivity contribution in [2.24, 2.45) is 11.8 Å². The van der Waals surface area contributed by atoms with E-state index in [1.165, 1.54) is 32.5 Å². The Morgan fingerprint density at radius 3 is 2.73 bits per heavy atom. The van der Waals surface area contributed by atoms with Gasteiger partial charge >= 0.3 is 6.09 Å². The molecule has 0 aromatic heterocycles. The zero-order valence-electron chi connectivity index (χ0n) is 14.9. The van der Waals surface area contributed by atoms with Crippen LogP contribution >= 0.6 is 0 Å². The number of fused-ring (bicyclic) bond motifs is 2. The highest BCUT2D eigenvalue weighted by Crippen LogP contribution is 2.27. The second kappa shape index (κ2) is 7.18. The number of hydrogen-bond acceptors (Lipinski definition) is 4. The van der Waals surface area contributed by atoms with E-state index in [4.69, 9.17) is 4.74 Å². The molecule has 2 fully saturated rings. The number of nitrogens with one attached hydrogen (secondary N) is 1. The molecule has 1 amide bonds. The van der Waals surface area contributed by atoms with Gasteiger partial charge in [-0.2, -0.15) is 0 Å². The summed E-state index contributed by atoms with van der Waals surface area (Å²) >= 11 is 0. The fourth-order valence-corrected chi connectivity index (χ4v) is 3.52. The molecule has 4 unspecified atom stereocenters. The van der Waals surface area contributed by atoms with E-state index in [0.717, 1.165) is 19.0 Å². The number of carbonyl (C=O) groups is 1. The lowest BCUT2D eigenvalue weighted by atomic mass is 9.93. The minimum absolute atomic E-state index is 0.233. The smallest absolute Gasteiger partial charge is 0.410 e. The van der Waals surface area contributed by atoms with E-state index >= 15 is 0 Å². The van der Waals surface area contributed by atoms with Gasteiger partial charge in [0.2, 0.25) is 0 Å². The van der Waals surface area contributed by atoms with Crippen molar-refractivity contribution in [1.29, 1.82) is 0 Å². The van der Waals surface area contributed by atoms with Crippen molar-refractivity contribution in [2.75, 3.05) is 39.8 Å². The molecule has 0 saturated carbocycles. The van der Waals surface area contributed by atoms with Crippen LogP contribution in [-0.2, 0) is 4.74 Å². The first-order chi connectivity index (χ1) is 10.2. The van der Waals surface area contributed by atoms with Crippen molar-refractivity contribution in [2.45, 2.75) is 52.2 Å². The summed E-state index contributed by atoms with van der Waals surface area (Å²) in [5.41, 5.74) is -0.427. The third-order valence-electron chi connectivity index (χ3n) is 4.65. The molecule has 0 spiro atoms. The molecule has 1 N–H and O–H groups in total. The van der Waals surface area contributed by atoms with E-state index in [-0.39, 0.29) is 6.09 Å². The number of carbonyl (C=O) groups excluding carboxylic acids is 1. The van der Waals surface area contributed by atoms with Crippen LogP contribution in [-0.4, -0.2) is 67.3 Å². The summed E-state index contributed by atoms with van der Waals surface area (Å²) in [5, 5.41) is 3.74. The lowest BCUT2D eigenvalue weighted by Gasteiger charge is -2.32. The summed E-state index contributed by atoms with van der Waals surface area (Å²) in [5.74, 6) is 1.25. The average molecular weight is 311 g/mol. The van der Waals surface area contributed by atoms with Crippen LogP contribution in [0.3, 0.4) is 0 Å². The largest absolute Gasteiger partial charge is 0.444 e. The van der Waals surface area contributed by atoms with Crippen molar-refractivity contribution >= 4 is 6.09 Å². The fourth-order valence-electron chi connectivity index (χ4n) is 3.52. The minimum Gasteiger partial charge on any atom is -0.444 e. The van der Waals surface area contributed by atoms with E-state index in [9.17, 15) is 4.79 Å². The topological polar surface area (TPSA) is 44.8 Å². The van der Waals surface area contributed by atoms with Crippen molar-refractivity contribution in [1.82, 2.24) is 15.1 Å². The Labute approximate surface area is 135 Å². The standard InChI is InChI=1S/C17H33N3O2/c1-13(11-19(5)16(21)22-17(2,3)4)10-18-15-7-9-20-8-6-14(15)12-20/h13-15,18H,6-12H2,1-5H3. The molecular formula is C17H33N3O2. The SMILES string of the molecule is CC(CNC1CCN2CCC1C2)CN(C)C(=O)OC(C)(C)C. The Hall–Kier alpha value is -0.810. The third-order valence-corrected chi connectivity index (χ3v) is 4.65. The highest BCUT2D eigenvalue weighted by molar-refractivity contribution is 5.67. The maximum absolute atomic E-state index is 12.0. The van der Waals surface area contributed by atoms with Crippen LogP contribution in [0, 0.1) is 11.8 Å². The summed E-state index contributed by atoms with van der Waals surface area (Å²) in [6, 6.07) is 0.660. The van der Waals surface area contributed by atoms with Gasteiger partial charge in [0.25, 0.3) is 0 Å².